The molecule has 0 aliphatic carbocycles. The van der Waals surface area contributed by atoms with Crippen LogP contribution in [0.3, 0.4) is 0 Å². The zero-order valence-corrected chi connectivity index (χ0v) is 15.9. The van der Waals surface area contributed by atoms with Crippen molar-refractivity contribution in [2.24, 2.45) is 0 Å². The summed E-state index contributed by atoms with van der Waals surface area (Å²) in [6, 6.07) is 8.18. The van der Waals surface area contributed by atoms with Crippen molar-refractivity contribution in [3.05, 3.63) is 68.8 Å². The van der Waals surface area contributed by atoms with Crippen LogP contribution in [-0.2, 0) is 9.59 Å². The minimum atomic E-state index is -2.96. The van der Waals surface area contributed by atoms with Crippen LogP contribution in [0.25, 0.3) is 6.08 Å². The lowest BCUT2D eigenvalue weighted by Gasteiger charge is -2.13. The minimum absolute atomic E-state index is 0.0388. The number of hydrogen-bond donors (Lipinski definition) is 1. The number of benzene rings is 2. The second-order valence-electron chi connectivity index (χ2n) is 6.23. The van der Waals surface area contributed by atoms with Gasteiger partial charge in [-0.25, -0.2) is 0 Å². The van der Waals surface area contributed by atoms with Gasteiger partial charge in [-0.2, -0.15) is 8.78 Å². The number of halogens is 2. The summed E-state index contributed by atoms with van der Waals surface area (Å²) in [5, 5.41) is 13.2. The van der Waals surface area contributed by atoms with Crippen LogP contribution in [0.2, 0.25) is 0 Å². The number of carbonyl (C=O) groups excluding carboxylic acids is 2. The van der Waals surface area contributed by atoms with Gasteiger partial charge in [0.2, 0.25) is 0 Å². The molecule has 0 aliphatic rings. The highest BCUT2D eigenvalue weighted by Crippen LogP contribution is 2.27. The maximum absolute atomic E-state index is 12.5. The molecular formula is C20H18F2N2O5. The van der Waals surface area contributed by atoms with E-state index in [-0.39, 0.29) is 22.7 Å². The number of Topliss-reactive ketones (excluding diaryl/α,β-unsaturated/α-hetero) is 1. The van der Waals surface area contributed by atoms with E-state index in [9.17, 15) is 28.5 Å². The Morgan fingerprint density at radius 2 is 1.69 bits per heavy atom. The Labute approximate surface area is 165 Å². The van der Waals surface area contributed by atoms with Crippen LogP contribution >= 0.6 is 0 Å². The SMILES string of the molecule is CC(=O)/C(=C\c1cc(C)c(OC(F)F)c(C)c1)C(=O)Nc1ccc([N+](=O)[O-])cc1. The van der Waals surface area contributed by atoms with E-state index in [1.807, 2.05) is 0 Å². The molecule has 152 valence electrons. The third-order valence-corrected chi connectivity index (χ3v) is 3.96. The van der Waals surface area contributed by atoms with Gasteiger partial charge in [-0.1, -0.05) is 0 Å². The number of amides is 1. The predicted molar refractivity (Wildman–Crippen MR) is 103 cm³/mol. The van der Waals surface area contributed by atoms with E-state index in [2.05, 4.69) is 10.1 Å². The van der Waals surface area contributed by atoms with Crippen LogP contribution in [0.15, 0.2) is 42.0 Å². The van der Waals surface area contributed by atoms with Crippen molar-refractivity contribution in [2.45, 2.75) is 27.4 Å². The highest BCUT2D eigenvalue weighted by atomic mass is 19.3. The van der Waals surface area contributed by atoms with E-state index in [1.165, 1.54) is 49.4 Å². The van der Waals surface area contributed by atoms with Crippen molar-refractivity contribution >= 4 is 29.1 Å². The number of carbonyl (C=O) groups is 2. The van der Waals surface area contributed by atoms with E-state index < -0.39 is 23.2 Å². The number of hydrogen-bond acceptors (Lipinski definition) is 5. The number of ketones is 1. The molecule has 0 radical (unpaired) electrons. The maximum Gasteiger partial charge on any atom is 0.387 e. The number of nitrogens with zero attached hydrogens (tertiary/aromatic N) is 1. The van der Waals surface area contributed by atoms with Crippen molar-refractivity contribution < 1.29 is 28.0 Å². The summed E-state index contributed by atoms with van der Waals surface area (Å²) < 4.78 is 29.5. The van der Waals surface area contributed by atoms with Gasteiger partial charge in [0.1, 0.15) is 5.75 Å². The zero-order valence-electron chi connectivity index (χ0n) is 15.9. The second-order valence-corrected chi connectivity index (χ2v) is 6.23. The lowest BCUT2D eigenvalue weighted by atomic mass is 10.0. The van der Waals surface area contributed by atoms with Gasteiger partial charge in [-0.15, -0.1) is 0 Å². The molecule has 0 aliphatic heterocycles. The topological polar surface area (TPSA) is 98.5 Å². The standard InChI is InChI=1S/C20H18F2N2O5/c1-11-8-14(9-12(2)18(11)29-20(21)22)10-17(13(3)25)19(26)23-15-4-6-16(7-5-15)24(27)28/h4-10,20H,1-3H3,(H,23,26)/b17-10+. The maximum atomic E-state index is 12.5. The molecule has 2 aromatic rings. The van der Waals surface area contributed by atoms with Gasteiger partial charge < -0.3 is 10.1 Å². The van der Waals surface area contributed by atoms with Gasteiger partial charge in [0.25, 0.3) is 11.6 Å². The van der Waals surface area contributed by atoms with E-state index in [0.29, 0.717) is 16.7 Å². The molecule has 1 N–H and O–H groups in total. The summed E-state index contributed by atoms with van der Waals surface area (Å²) in [6.45, 7) is 1.41. The predicted octanol–water partition coefficient (Wildman–Crippen LogP) is 4.42. The molecule has 0 fully saturated rings. The summed E-state index contributed by atoms with van der Waals surface area (Å²) in [5.74, 6) is -1.17. The summed E-state index contributed by atoms with van der Waals surface area (Å²) in [6.07, 6.45) is 1.34. The normalized spacial score (nSPS) is 11.3. The molecule has 0 unspecified atom stereocenters. The first-order valence-corrected chi connectivity index (χ1v) is 8.43. The van der Waals surface area contributed by atoms with Crippen molar-refractivity contribution in [3.63, 3.8) is 0 Å². The third-order valence-electron chi connectivity index (χ3n) is 3.96. The Kier molecular flexibility index (Phi) is 6.76. The first kappa shape index (κ1) is 21.7. The molecular weight excluding hydrogens is 386 g/mol. The van der Waals surface area contributed by atoms with Gasteiger partial charge in [0.15, 0.2) is 5.78 Å². The molecule has 0 atom stereocenters. The van der Waals surface area contributed by atoms with Crippen LogP contribution in [0, 0.1) is 24.0 Å². The average Bonchev–Trinajstić information content (AvgIpc) is 2.62. The van der Waals surface area contributed by atoms with Crippen molar-refractivity contribution in [1.82, 2.24) is 0 Å². The molecule has 0 aromatic heterocycles. The summed E-state index contributed by atoms with van der Waals surface area (Å²) in [5.41, 5.74) is 1.30. The van der Waals surface area contributed by atoms with Gasteiger partial charge in [0.05, 0.1) is 10.5 Å². The number of non-ortho nitro benzene ring substituents is 1. The van der Waals surface area contributed by atoms with Crippen molar-refractivity contribution in [2.75, 3.05) is 5.32 Å². The number of rotatable bonds is 7. The number of nitro benzene ring substituents is 1. The van der Waals surface area contributed by atoms with E-state index in [1.54, 1.807) is 13.8 Å². The van der Waals surface area contributed by atoms with Gasteiger partial charge in [-0.3, -0.25) is 19.7 Å². The number of ether oxygens (including phenoxy) is 1. The molecule has 9 heteroatoms. The number of anilines is 1. The van der Waals surface area contributed by atoms with Gasteiger partial charge in [-0.05, 0) is 67.8 Å². The number of nitrogens with one attached hydrogen (secondary N) is 1. The fourth-order valence-corrected chi connectivity index (χ4v) is 2.70. The number of nitro groups is 1. The lowest BCUT2D eigenvalue weighted by molar-refractivity contribution is -0.384. The van der Waals surface area contributed by atoms with E-state index in [0.717, 1.165) is 0 Å². The first-order chi connectivity index (χ1) is 13.6. The summed E-state index contributed by atoms with van der Waals surface area (Å²) in [4.78, 5) is 34.6. The van der Waals surface area contributed by atoms with E-state index >= 15 is 0 Å². The number of alkyl halides is 2. The Balaban J connectivity index is 2.30. The molecule has 0 bridgehead atoms. The molecule has 0 heterocycles. The molecule has 2 aromatic carbocycles. The summed E-state index contributed by atoms with van der Waals surface area (Å²) in [7, 11) is 0. The van der Waals surface area contributed by atoms with Crippen LogP contribution < -0.4 is 10.1 Å². The number of aryl methyl sites for hydroxylation is 2. The molecule has 29 heavy (non-hydrogen) atoms. The Morgan fingerprint density at radius 1 is 1.14 bits per heavy atom. The molecule has 0 saturated carbocycles. The molecule has 0 spiro atoms. The quantitative estimate of drug-likeness (QED) is 0.242. The minimum Gasteiger partial charge on any atom is -0.434 e. The Hall–Kier alpha value is -3.62. The Bertz CT molecular complexity index is 962. The average molecular weight is 404 g/mol. The van der Waals surface area contributed by atoms with Crippen LogP contribution in [-0.4, -0.2) is 23.2 Å². The van der Waals surface area contributed by atoms with Crippen molar-refractivity contribution in [1.29, 1.82) is 0 Å². The van der Waals surface area contributed by atoms with Crippen LogP contribution in [0.5, 0.6) is 5.75 Å². The lowest BCUT2D eigenvalue weighted by Crippen LogP contribution is -2.19. The first-order valence-electron chi connectivity index (χ1n) is 8.43. The largest absolute Gasteiger partial charge is 0.434 e. The smallest absolute Gasteiger partial charge is 0.387 e. The van der Waals surface area contributed by atoms with Gasteiger partial charge in [0, 0.05) is 17.8 Å². The Morgan fingerprint density at radius 3 is 2.14 bits per heavy atom. The highest BCUT2D eigenvalue weighted by molar-refractivity contribution is 6.25. The monoisotopic (exact) mass is 404 g/mol. The fourth-order valence-electron chi connectivity index (χ4n) is 2.70. The van der Waals surface area contributed by atoms with E-state index in [4.69, 9.17) is 0 Å². The molecule has 2 rings (SSSR count). The molecule has 1 amide bonds. The fraction of sp³-hybridized carbons (Fsp3) is 0.200. The van der Waals surface area contributed by atoms with Gasteiger partial charge >= 0.3 is 6.61 Å². The zero-order chi connectivity index (χ0) is 21.7. The molecule has 0 saturated heterocycles. The second kappa shape index (κ2) is 9.05. The highest BCUT2D eigenvalue weighted by Gasteiger charge is 2.17. The third kappa shape index (κ3) is 5.68. The van der Waals surface area contributed by atoms with Crippen LogP contribution in [0.1, 0.15) is 23.6 Å². The van der Waals surface area contributed by atoms with Crippen LogP contribution in [0.4, 0.5) is 20.2 Å². The molecule has 7 nitrogen and oxygen atoms in total. The summed E-state index contributed by atoms with van der Waals surface area (Å²) >= 11 is 0. The van der Waals surface area contributed by atoms with Crippen molar-refractivity contribution in [3.8, 4) is 5.75 Å².